The number of carboxylic acid groups (broad SMARTS) is 1. The number of carboxylic acids is 1. The number of aliphatic carboxylic acids is 1. The van der Waals surface area contributed by atoms with Crippen molar-refractivity contribution < 1.29 is 23.1 Å². The lowest BCUT2D eigenvalue weighted by Gasteiger charge is -2.19. The van der Waals surface area contributed by atoms with Gasteiger partial charge >= 0.3 is 0 Å². The van der Waals surface area contributed by atoms with Gasteiger partial charge in [0, 0.05) is 0 Å². The van der Waals surface area contributed by atoms with E-state index in [9.17, 15) is 18.3 Å². The minimum atomic E-state index is -3.88. The van der Waals surface area contributed by atoms with Crippen molar-refractivity contribution in [2.24, 2.45) is 0 Å². The van der Waals surface area contributed by atoms with E-state index in [0.717, 1.165) is 0 Å². The SMILES string of the molecule is CCC[C@H](NS(=O)(=O)c1ccc(OC)cc1)C(=O)[O-]. The number of nitrogens with one attached hydrogen (secondary N) is 1. The third kappa shape index (κ3) is 4.22. The van der Waals surface area contributed by atoms with Gasteiger partial charge in [0.25, 0.3) is 0 Å². The lowest BCUT2D eigenvalue weighted by Crippen LogP contribution is -2.47. The van der Waals surface area contributed by atoms with Crippen molar-refractivity contribution >= 4 is 16.0 Å². The van der Waals surface area contributed by atoms with Crippen molar-refractivity contribution in [3.63, 3.8) is 0 Å². The Bertz CT molecular complexity index is 524. The molecule has 0 aromatic heterocycles. The Labute approximate surface area is 112 Å². The molecule has 1 N–H and O–H groups in total. The average molecular weight is 286 g/mol. The second-order valence-electron chi connectivity index (χ2n) is 3.96. The van der Waals surface area contributed by atoms with Gasteiger partial charge in [-0.1, -0.05) is 13.3 Å². The first kappa shape index (κ1) is 15.5. The van der Waals surface area contributed by atoms with Crippen LogP contribution in [-0.2, 0) is 14.8 Å². The Kier molecular flexibility index (Phi) is 5.31. The molecule has 0 aliphatic heterocycles. The molecule has 0 radical (unpaired) electrons. The lowest BCUT2D eigenvalue weighted by atomic mass is 10.2. The summed E-state index contributed by atoms with van der Waals surface area (Å²) in [5.41, 5.74) is 0. The van der Waals surface area contributed by atoms with E-state index in [1.807, 2.05) is 0 Å². The van der Waals surface area contributed by atoms with E-state index in [2.05, 4.69) is 4.72 Å². The molecule has 0 bridgehead atoms. The maximum absolute atomic E-state index is 12.0. The minimum Gasteiger partial charge on any atom is -0.548 e. The van der Waals surface area contributed by atoms with Crippen LogP contribution in [0.25, 0.3) is 0 Å². The molecule has 1 rings (SSSR count). The molecule has 0 amide bonds. The van der Waals surface area contributed by atoms with Crippen molar-refractivity contribution in [1.29, 1.82) is 0 Å². The first-order chi connectivity index (χ1) is 8.90. The van der Waals surface area contributed by atoms with Crippen molar-refractivity contribution in [1.82, 2.24) is 4.72 Å². The van der Waals surface area contributed by atoms with Gasteiger partial charge in [0.2, 0.25) is 10.0 Å². The second-order valence-corrected chi connectivity index (χ2v) is 5.67. The van der Waals surface area contributed by atoms with Crippen LogP contribution in [0.4, 0.5) is 0 Å². The quantitative estimate of drug-likeness (QED) is 0.754. The molecule has 0 aliphatic carbocycles. The molecule has 1 atom stereocenters. The molecule has 0 saturated carbocycles. The molecule has 0 saturated heterocycles. The van der Waals surface area contributed by atoms with E-state index >= 15 is 0 Å². The summed E-state index contributed by atoms with van der Waals surface area (Å²) in [6.07, 6.45) is 0.710. The summed E-state index contributed by atoms with van der Waals surface area (Å²) in [6.45, 7) is 1.76. The van der Waals surface area contributed by atoms with Crippen LogP contribution in [0.1, 0.15) is 19.8 Å². The van der Waals surface area contributed by atoms with Crippen LogP contribution >= 0.6 is 0 Å². The number of sulfonamides is 1. The van der Waals surface area contributed by atoms with Gasteiger partial charge in [-0.25, -0.2) is 13.1 Å². The number of hydrogen-bond acceptors (Lipinski definition) is 5. The predicted octanol–water partition coefficient (Wildman–Crippen LogP) is -0.108. The summed E-state index contributed by atoms with van der Waals surface area (Å²) in [7, 11) is -2.41. The monoisotopic (exact) mass is 286 g/mol. The van der Waals surface area contributed by atoms with Crippen molar-refractivity contribution in [2.45, 2.75) is 30.7 Å². The van der Waals surface area contributed by atoms with Crippen LogP contribution < -0.4 is 14.6 Å². The Hall–Kier alpha value is -1.60. The Balaban J connectivity index is 2.92. The van der Waals surface area contributed by atoms with Crippen LogP contribution in [0.5, 0.6) is 5.75 Å². The van der Waals surface area contributed by atoms with Gasteiger partial charge in [0.1, 0.15) is 5.75 Å². The van der Waals surface area contributed by atoms with Crippen LogP contribution in [0.3, 0.4) is 0 Å². The smallest absolute Gasteiger partial charge is 0.241 e. The average Bonchev–Trinajstić information content (AvgIpc) is 2.38. The molecule has 106 valence electrons. The second kappa shape index (κ2) is 6.53. The number of ether oxygens (including phenoxy) is 1. The summed E-state index contributed by atoms with van der Waals surface area (Å²) >= 11 is 0. The zero-order chi connectivity index (χ0) is 14.5. The Morgan fingerprint density at radius 3 is 2.37 bits per heavy atom. The number of carbonyl (C=O) groups excluding carboxylic acids is 1. The van der Waals surface area contributed by atoms with Crippen molar-refractivity contribution in [2.75, 3.05) is 7.11 Å². The minimum absolute atomic E-state index is 0.0179. The van der Waals surface area contributed by atoms with E-state index in [1.165, 1.54) is 31.4 Å². The highest BCUT2D eigenvalue weighted by Crippen LogP contribution is 2.16. The normalized spacial score (nSPS) is 12.9. The molecule has 0 aliphatic rings. The van der Waals surface area contributed by atoms with Crippen molar-refractivity contribution in [3.05, 3.63) is 24.3 Å². The fourth-order valence-corrected chi connectivity index (χ4v) is 2.74. The molecule has 6 nitrogen and oxygen atoms in total. The van der Waals surface area contributed by atoms with E-state index in [0.29, 0.717) is 12.2 Å². The molecular formula is C12H16NO5S-. The number of rotatable bonds is 7. The topological polar surface area (TPSA) is 95.5 Å². The zero-order valence-electron chi connectivity index (χ0n) is 10.8. The third-order valence-electron chi connectivity index (χ3n) is 2.53. The van der Waals surface area contributed by atoms with Crippen LogP contribution in [-0.4, -0.2) is 27.5 Å². The number of hydrogen-bond donors (Lipinski definition) is 1. The van der Waals surface area contributed by atoms with Gasteiger partial charge in [0.15, 0.2) is 0 Å². The molecule has 1 aromatic rings. The third-order valence-corrected chi connectivity index (χ3v) is 4.02. The van der Waals surface area contributed by atoms with Crippen LogP contribution in [0.15, 0.2) is 29.2 Å². The summed E-state index contributed by atoms with van der Waals surface area (Å²) in [5.74, 6) is -0.914. The van der Waals surface area contributed by atoms with Gasteiger partial charge in [-0.15, -0.1) is 0 Å². The fourth-order valence-electron chi connectivity index (χ4n) is 1.52. The van der Waals surface area contributed by atoms with Crippen LogP contribution in [0.2, 0.25) is 0 Å². The molecule has 0 spiro atoms. The number of methoxy groups -OCH3 is 1. The molecule has 0 unspecified atom stereocenters. The van der Waals surface area contributed by atoms with Gasteiger partial charge in [-0.3, -0.25) is 0 Å². The molecule has 1 aromatic carbocycles. The number of benzene rings is 1. The maximum atomic E-state index is 12.0. The summed E-state index contributed by atoms with van der Waals surface area (Å²) in [5, 5.41) is 10.8. The molecule has 0 fully saturated rings. The highest BCUT2D eigenvalue weighted by Gasteiger charge is 2.20. The van der Waals surface area contributed by atoms with Gasteiger partial charge in [-0.05, 0) is 30.7 Å². The lowest BCUT2D eigenvalue weighted by molar-refractivity contribution is -0.308. The largest absolute Gasteiger partial charge is 0.548 e. The zero-order valence-corrected chi connectivity index (χ0v) is 11.6. The highest BCUT2D eigenvalue weighted by atomic mass is 32.2. The van der Waals surface area contributed by atoms with E-state index < -0.39 is 22.0 Å². The van der Waals surface area contributed by atoms with E-state index in [-0.39, 0.29) is 11.3 Å². The van der Waals surface area contributed by atoms with E-state index in [4.69, 9.17) is 4.74 Å². The van der Waals surface area contributed by atoms with Gasteiger partial charge in [-0.2, -0.15) is 0 Å². The fraction of sp³-hybridized carbons (Fsp3) is 0.417. The summed E-state index contributed by atoms with van der Waals surface area (Å²) < 4.78 is 31.0. The Morgan fingerprint density at radius 1 is 1.37 bits per heavy atom. The highest BCUT2D eigenvalue weighted by molar-refractivity contribution is 7.89. The molecule has 0 heterocycles. The molecule has 7 heteroatoms. The predicted molar refractivity (Wildman–Crippen MR) is 67.0 cm³/mol. The number of carbonyl (C=O) groups is 1. The first-order valence-corrected chi connectivity index (χ1v) is 7.26. The van der Waals surface area contributed by atoms with E-state index in [1.54, 1.807) is 6.92 Å². The first-order valence-electron chi connectivity index (χ1n) is 5.78. The van der Waals surface area contributed by atoms with Crippen molar-refractivity contribution in [3.8, 4) is 5.75 Å². The molecular weight excluding hydrogens is 270 g/mol. The standard InChI is InChI=1S/C12H17NO5S/c1-3-4-11(12(14)15)13-19(16,17)10-7-5-9(18-2)6-8-10/h5-8,11,13H,3-4H2,1-2H3,(H,14,15)/p-1/t11-/m0/s1. The van der Waals surface area contributed by atoms with Gasteiger partial charge in [0.05, 0.1) is 24.0 Å². The summed E-state index contributed by atoms with van der Waals surface area (Å²) in [4.78, 5) is 10.8. The maximum Gasteiger partial charge on any atom is 0.241 e. The van der Waals surface area contributed by atoms with Gasteiger partial charge < -0.3 is 14.6 Å². The Morgan fingerprint density at radius 2 is 1.95 bits per heavy atom. The van der Waals surface area contributed by atoms with Crippen LogP contribution in [0, 0.1) is 0 Å². The summed E-state index contributed by atoms with van der Waals surface area (Å²) in [6, 6.07) is 4.45. The molecule has 19 heavy (non-hydrogen) atoms.